The molecule has 5 nitrogen and oxygen atoms in total. The molecule has 2 aliphatic rings. The summed E-state index contributed by atoms with van der Waals surface area (Å²) in [7, 11) is 0. The zero-order chi connectivity index (χ0) is 15.6. The monoisotopic (exact) mass is 303 g/mol. The first-order chi connectivity index (χ1) is 10.6. The van der Waals surface area contributed by atoms with Crippen LogP contribution in [-0.2, 0) is 19.7 Å². The Bertz CT molecular complexity index is 551. The zero-order valence-electron chi connectivity index (χ0n) is 12.5. The van der Waals surface area contributed by atoms with Crippen LogP contribution in [0.2, 0.25) is 0 Å². The van der Waals surface area contributed by atoms with Crippen molar-refractivity contribution in [2.75, 3.05) is 19.8 Å². The third kappa shape index (κ3) is 2.99. The van der Waals surface area contributed by atoms with Crippen LogP contribution in [-0.4, -0.2) is 36.7 Å². The van der Waals surface area contributed by atoms with Gasteiger partial charge in [0.25, 0.3) is 0 Å². The fourth-order valence-electron chi connectivity index (χ4n) is 3.27. The molecule has 2 atom stereocenters. The zero-order valence-corrected chi connectivity index (χ0v) is 12.5. The van der Waals surface area contributed by atoms with Crippen LogP contribution in [0.25, 0.3) is 0 Å². The van der Waals surface area contributed by atoms with Crippen molar-refractivity contribution in [1.29, 1.82) is 0 Å². The lowest BCUT2D eigenvalue weighted by molar-refractivity contribution is -0.140. The number of rotatable bonds is 5. The van der Waals surface area contributed by atoms with Gasteiger partial charge in [-0.05, 0) is 24.8 Å². The second kappa shape index (κ2) is 6.08. The number of carboxylic acids is 1. The summed E-state index contributed by atoms with van der Waals surface area (Å²) in [5.74, 6) is -1.86. The summed E-state index contributed by atoms with van der Waals surface area (Å²) in [6.07, 6.45) is 2.19. The van der Waals surface area contributed by atoms with E-state index in [1.54, 1.807) is 0 Å². The second-order valence-electron chi connectivity index (χ2n) is 6.26. The van der Waals surface area contributed by atoms with Gasteiger partial charge in [0, 0.05) is 25.2 Å². The summed E-state index contributed by atoms with van der Waals surface area (Å²) in [4.78, 5) is 23.0. The van der Waals surface area contributed by atoms with E-state index in [1.165, 1.54) is 5.56 Å². The van der Waals surface area contributed by atoms with E-state index in [4.69, 9.17) is 9.84 Å². The summed E-state index contributed by atoms with van der Waals surface area (Å²) in [5, 5.41) is 11.9. The molecule has 1 aromatic carbocycles. The Hall–Kier alpha value is -1.88. The Morgan fingerprint density at radius 2 is 1.86 bits per heavy atom. The summed E-state index contributed by atoms with van der Waals surface area (Å²) in [6.45, 7) is 1.92. The van der Waals surface area contributed by atoms with E-state index >= 15 is 0 Å². The van der Waals surface area contributed by atoms with Crippen LogP contribution >= 0.6 is 0 Å². The quantitative estimate of drug-likeness (QED) is 0.866. The molecule has 0 spiro atoms. The first-order valence-corrected chi connectivity index (χ1v) is 7.76. The molecule has 22 heavy (non-hydrogen) atoms. The van der Waals surface area contributed by atoms with Crippen molar-refractivity contribution in [3.8, 4) is 0 Å². The van der Waals surface area contributed by atoms with Gasteiger partial charge in [0.1, 0.15) is 0 Å². The first-order valence-electron chi connectivity index (χ1n) is 7.76. The Kier molecular flexibility index (Phi) is 4.16. The van der Waals surface area contributed by atoms with E-state index in [2.05, 4.69) is 17.4 Å². The van der Waals surface area contributed by atoms with Gasteiger partial charge < -0.3 is 15.2 Å². The van der Waals surface area contributed by atoms with Gasteiger partial charge in [0.2, 0.25) is 5.91 Å². The Morgan fingerprint density at radius 1 is 1.18 bits per heavy atom. The van der Waals surface area contributed by atoms with Gasteiger partial charge >= 0.3 is 5.97 Å². The number of benzene rings is 1. The highest BCUT2D eigenvalue weighted by Gasteiger charge is 2.48. The first kappa shape index (κ1) is 15.0. The molecule has 1 saturated heterocycles. The van der Waals surface area contributed by atoms with Gasteiger partial charge in [-0.25, -0.2) is 0 Å². The largest absolute Gasteiger partial charge is 0.481 e. The number of amides is 1. The van der Waals surface area contributed by atoms with Crippen LogP contribution in [0.4, 0.5) is 0 Å². The molecule has 1 aliphatic heterocycles. The molecule has 2 unspecified atom stereocenters. The van der Waals surface area contributed by atoms with Crippen LogP contribution in [0, 0.1) is 11.8 Å². The third-order valence-corrected chi connectivity index (χ3v) is 4.88. The lowest BCUT2D eigenvalue weighted by Gasteiger charge is -2.38. The number of hydrogen-bond acceptors (Lipinski definition) is 3. The molecule has 1 amide bonds. The molecule has 1 saturated carbocycles. The van der Waals surface area contributed by atoms with E-state index in [0.717, 1.165) is 12.8 Å². The lowest BCUT2D eigenvalue weighted by Crippen LogP contribution is -2.45. The maximum absolute atomic E-state index is 12.1. The van der Waals surface area contributed by atoms with E-state index in [1.807, 2.05) is 18.2 Å². The molecule has 1 aromatic rings. The topological polar surface area (TPSA) is 75.6 Å². The minimum Gasteiger partial charge on any atom is -0.481 e. The number of carboxylic acid groups (broad SMARTS) is 1. The molecule has 0 aromatic heterocycles. The number of nitrogens with one attached hydrogen (secondary N) is 1. The summed E-state index contributed by atoms with van der Waals surface area (Å²) >= 11 is 0. The van der Waals surface area contributed by atoms with Crippen LogP contribution in [0.1, 0.15) is 24.8 Å². The van der Waals surface area contributed by atoms with E-state index in [-0.39, 0.29) is 17.2 Å². The molecule has 2 N–H and O–H groups in total. The number of carbonyl (C=O) groups is 2. The second-order valence-corrected chi connectivity index (χ2v) is 6.26. The molecule has 1 heterocycles. The summed E-state index contributed by atoms with van der Waals surface area (Å²) in [6, 6.07) is 10.2. The van der Waals surface area contributed by atoms with Crippen molar-refractivity contribution < 1.29 is 19.4 Å². The summed E-state index contributed by atoms with van der Waals surface area (Å²) < 4.78 is 5.47. The average Bonchev–Trinajstić information content (AvgIpc) is 3.35. The minimum absolute atomic E-state index is 0.108. The molecular weight excluding hydrogens is 282 g/mol. The fourth-order valence-corrected chi connectivity index (χ4v) is 3.27. The van der Waals surface area contributed by atoms with Gasteiger partial charge in [0.15, 0.2) is 0 Å². The molecule has 5 heteroatoms. The van der Waals surface area contributed by atoms with Crippen LogP contribution in [0.5, 0.6) is 0 Å². The number of ether oxygens (including phenoxy) is 1. The van der Waals surface area contributed by atoms with Gasteiger partial charge in [-0.1, -0.05) is 30.3 Å². The van der Waals surface area contributed by atoms with E-state index in [0.29, 0.717) is 26.2 Å². The third-order valence-electron chi connectivity index (χ3n) is 4.88. The average molecular weight is 303 g/mol. The van der Waals surface area contributed by atoms with Gasteiger partial charge in [0.05, 0.1) is 11.8 Å². The smallest absolute Gasteiger partial charge is 0.307 e. The van der Waals surface area contributed by atoms with Gasteiger partial charge in [-0.3, -0.25) is 9.59 Å². The highest BCUT2D eigenvalue weighted by atomic mass is 16.5. The van der Waals surface area contributed by atoms with Crippen molar-refractivity contribution >= 4 is 11.9 Å². The van der Waals surface area contributed by atoms with Gasteiger partial charge in [-0.2, -0.15) is 0 Å². The fraction of sp³-hybridized carbons (Fsp3) is 0.529. The van der Waals surface area contributed by atoms with Gasteiger partial charge in [-0.15, -0.1) is 0 Å². The van der Waals surface area contributed by atoms with Crippen molar-refractivity contribution in [3.05, 3.63) is 35.9 Å². The number of carbonyl (C=O) groups excluding carboxylic acids is 1. The minimum atomic E-state index is -0.871. The number of hydrogen-bond donors (Lipinski definition) is 2. The summed E-state index contributed by atoms with van der Waals surface area (Å²) in [5.41, 5.74) is 1.10. The van der Waals surface area contributed by atoms with Crippen LogP contribution < -0.4 is 5.32 Å². The predicted molar refractivity (Wildman–Crippen MR) is 80.4 cm³/mol. The highest BCUT2D eigenvalue weighted by molar-refractivity contribution is 5.89. The Balaban J connectivity index is 1.67. The standard InChI is InChI=1S/C17H21NO4/c19-15(13-10-14(13)16(20)21)18-11-17(6-8-22-9-7-17)12-4-2-1-3-5-12/h1-5,13-14H,6-11H2,(H,18,19)(H,20,21). The highest BCUT2D eigenvalue weighted by Crippen LogP contribution is 2.39. The molecule has 2 fully saturated rings. The Labute approximate surface area is 129 Å². The van der Waals surface area contributed by atoms with Crippen molar-refractivity contribution in [2.45, 2.75) is 24.7 Å². The maximum atomic E-state index is 12.1. The van der Waals surface area contributed by atoms with Crippen LogP contribution in [0.15, 0.2) is 30.3 Å². The normalized spacial score (nSPS) is 26.2. The molecule has 3 rings (SSSR count). The molecule has 118 valence electrons. The maximum Gasteiger partial charge on any atom is 0.307 e. The van der Waals surface area contributed by atoms with E-state index < -0.39 is 11.9 Å². The molecule has 0 radical (unpaired) electrons. The van der Waals surface area contributed by atoms with Crippen LogP contribution in [0.3, 0.4) is 0 Å². The lowest BCUT2D eigenvalue weighted by atomic mass is 9.74. The molecule has 1 aliphatic carbocycles. The number of aliphatic carboxylic acids is 1. The SMILES string of the molecule is O=C(O)C1CC1C(=O)NCC1(c2ccccc2)CCOCC1. The molecule has 0 bridgehead atoms. The predicted octanol–water partition coefficient (Wildman–Crippen LogP) is 1.57. The van der Waals surface area contributed by atoms with Crippen molar-refractivity contribution in [2.24, 2.45) is 11.8 Å². The van der Waals surface area contributed by atoms with Crippen molar-refractivity contribution in [1.82, 2.24) is 5.32 Å². The van der Waals surface area contributed by atoms with E-state index in [9.17, 15) is 9.59 Å². The van der Waals surface area contributed by atoms with Crippen molar-refractivity contribution in [3.63, 3.8) is 0 Å². The molecular formula is C17H21NO4. The Morgan fingerprint density at radius 3 is 2.45 bits per heavy atom.